The van der Waals surface area contributed by atoms with Crippen molar-refractivity contribution in [2.75, 3.05) is 24.6 Å². The summed E-state index contributed by atoms with van der Waals surface area (Å²) >= 11 is 0. The topological polar surface area (TPSA) is 115 Å². The molecule has 1 atom stereocenters. The van der Waals surface area contributed by atoms with Crippen LogP contribution in [0, 0.1) is 5.92 Å². The average Bonchev–Trinajstić information content (AvgIpc) is 3.66. The molecule has 3 N–H and O–H groups in total. The Morgan fingerprint density at radius 1 is 1.29 bits per heavy atom. The number of fused-ring (bicyclic) bond motifs is 1. The summed E-state index contributed by atoms with van der Waals surface area (Å²) in [5, 5.41) is 24.1. The number of rotatable bonds is 6. The lowest BCUT2D eigenvalue weighted by Gasteiger charge is -2.38. The van der Waals surface area contributed by atoms with Crippen molar-refractivity contribution in [3.8, 4) is 22.8 Å². The van der Waals surface area contributed by atoms with Gasteiger partial charge >= 0.3 is 12.1 Å². The molecule has 1 aromatic heterocycles. The first-order chi connectivity index (χ1) is 16.8. The van der Waals surface area contributed by atoms with E-state index in [9.17, 15) is 19.8 Å². The third-order valence-electron chi connectivity index (χ3n) is 7.03. The third kappa shape index (κ3) is 4.52. The van der Waals surface area contributed by atoms with Crippen LogP contribution in [-0.4, -0.2) is 58.0 Å². The maximum Gasteiger partial charge on any atom is 0.415 e. The summed E-state index contributed by atoms with van der Waals surface area (Å²) in [6, 6.07) is 6.22. The number of anilines is 1. The molecule has 35 heavy (non-hydrogen) atoms. The number of ether oxygens (including phenoxy) is 1. The lowest BCUT2D eigenvalue weighted by atomic mass is 9.86. The minimum Gasteiger partial charge on any atom is -0.507 e. The second kappa shape index (κ2) is 9.37. The van der Waals surface area contributed by atoms with Crippen LogP contribution in [0.1, 0.15) is 56.6 Å². The van der Waals surface area contributed by atoms with E-state index in [1.165, 1.54) is 4.90 Å². The quantitative estimate of drug-likeness (QED) is 0.556. The Labute approximate surface area is 204 Å². The number of benzene rings is 1. The Hall–Kier alpha value is -3.33. The molecule has 3 aliphatic rings. The molecule has 2 aromatic rings. The molecule has 1 aliphatic carbocycles. The first kappa shape index (κ1) is 23.4. The number of nitrogens with one attached hydrogen (secondary N) is 1. The standard InChI is InChI=1S/C26H32N4O5/c1-15(2)30-24-19(13-29(25(30)32)26(33)34)18(17-5-4-10-27-12-17)11-20(28-24)23-21(31)6-3-7-22(23)35-14-16-8-9-16/h3,6-7,11,15-17,27,31H,4-5,8-10,12-14H2,1-2H3,(H,33,34). The summed E-state index contributed by atoms with van der Waals surface area (Å²) in [6.45, 7) is 5.92. The molecule has 0 bridgehead atoms. The zero-order chi connectivity index (χ0) is 24.7. The fourth-order valence-corrected chi connectivity index (χ4v) is 5.00. The van der Waals surface area contributed by atoms with E-state index in [4.69, 9.17) is 9.72 Å². The molecule has 5 rings (SSSR count). The van der Waals surface area contributed by atoms with Crippen molar-refractivity contribution >= 4 is 17.9 Å². The number of urea groups is 1. The molecule has 3 heterocycles. The number of aromatic hydroxyl groups is 1. The molecule has 1 saturated heterocycles. The smallest absolute Gasteiger partial charge is 0.415 e. The zero-order valence-electron chi connectivity index (χ0n) is 20.2. The number of amides is 3. The Balaban J connectivity index is 1.69. The summed E-state index contributed by atoms with van der Waals surface area (Å²) < 4.78 is 6.09. The van der Waals surface area contributed by atoms with Gasteiger partial charge in [-0.25, -0.2) is 19.5 Å². The highest BCUT2D eigenvalue weighted by atomic mass is 16.5. The summed E-state index contributed by atoms with van der Waals surface area (Å²) in [7, 11) is 0. The second-order valence-corrected chi connectivity index (χ2v) is 9.96. The number of imide groups is 1. The van der Waals surface area contributed by atoms with Crippen molar-refractivity contribution in [2.45, 2.75) is 58.0 Å². The molecule has 186 valence electrons. The average molecular weight is 481 g/mol. The summed E-state index contributed by atoms with van der Waals surface area (Å²) in [6.07, 6.45) is 2.96. The molecule has 2 fully saturated rings. The number of phenols is 1. The molecule has 1 unspecified atom stereocenters. The molecule has 2 aliphatic heterocycles. The highest BCUT2D eigenvalue weighted by molar-refractivity contribution is 6.02. The number of phenolic OH excluding ortho intramolecular Hbond substituents is 1. The number of hydrogen-bond acceptors (Lipinski definition) is 6. The van der Waals surface area contributed by atoms with E-state index < -0.39 is 12.1 Å². The molecule has 0 spiro atoms. The fraction of sp³-hybridized carbons (Fsp3) is 0.500. The zero-order valence-corrected chi connectivity index (χ0v) is 20.2. The van der Waals surface area contributed by atoms with Gasteiger partial charge in [-0.3, -0.25) is 4.90 Å². The lowest BCUT2D eigenvalue weighted by molar-refractivity contribution is 0.145. The maximum absolute atomic E-state index is 13.2. The molecule has 1 aromatic carbocycles. The molecule has 9 heteroatoms. The number of piperidine rings is 1. The van der Waals surface area contributed by atoms with Gasteiger partial charge in [0, 0.05) is 18.2 Å². The highest BCUT2D eigenvalue weighted by Crippen LogP contribution is 2.43. The number of nitrogens with zero attached hydrogens (tertiary/aromatic N) is 3. The van der Waals surface area contributed by atoms with Gasteiger partial charge in [-0.2, -0.15) is 0 Å². The monoisotopic (exact) mass is 480 g/mol. The highest BCUT2D eigenvalue weighted by Gasteiger charge is 2.39. The van der Waals surface area contributed by atoms with Gasteiger partial charge in [-0.15, -0.1) is 0 Å². The first-order valence-corrected chi connectivity index (χ1v) is 12.4. The molecule has 3 amide bonds. The van der Waals surface area contributed by atoms with Gasteiger partial charge in [0.2, 0.25) is 0 Å². The van der Waals surface area contributed by atoms with Gasteiger partial charge in [-0.05, 0) is 81.7 Å². The van der Waals surface area contributed by atoms with Crippen LogP contribution in [0.5, 0.6) is 11.5 Å². The molecule has 1 saturated carbocycles. The third-order valence-corrected chi connectivity index (χ3v) is 7.03. The van der Waals surface area contributed by atoms with E-state index in [1.54, 1.807) is 12.1 Å². The predicted molar refractivity (Wildman–Crippen MR) is 131 cm³/mol. The van der Waals surface area contributed by atoms with E-state index >= 15 is 0 Å². The van der Waals surface area contributed by atoms with Crippen LogP contribution in [0.3, 0.4) is 0 Å². The van der Waals surface area contributed by atoms with Crippen molar-refractivity contribution < 1.29 is 24.5 Å². The van der Waals surface area contributed by atoms with E-state index in [1.807, 2.05) is 26.0 Å². The van der Waals surface area contributed by atoms with E-state index in [0.717, 1.165) is 54.8 Å². The van der Waals surface area contributed by atoms with Crippen molar-refractivity contribution in [2.24, 2.45) is 5.92 Å². The number of carboxylic acid groups (broad SMARTS) is 1. The number of hydrogen-bond donors (Lipinski definition) is 3. The molecule has 9 nitrogen and oxygen atoms in total. The summed E-state index contributed by atoms with van der Waals surface area (Å²) in [4.78, 5) is 32.3. The van der Waals surface area contributed by atoms with Crippen molar-refractivity contribution in [3.05, 3.63) is 35.4 Å². The van der Waals surface area contributed by atoms with Crippen LogP contribution < -0.4 is 15.0 Å². The van der Waals surface area contributed by atoms with Crippen molar-refractivity contribution in [1.29, 1.82) is 0 Å². The van der Waals surface area contributed by atoms with Gasteiger partial charge in [0.15, 0.2) is 0 Å². The van der Waals surface area contributed by atoms with Gasteiger partial charge in [0.25, 0.3) is 0 Å². The minimum atomic E-state index is -1.28. The molecular weight excluding hydrogens is 448 g/mol. The number of carbonyl (C=O) groups is 2. The van der Waals surface area contributed by atoms with Crippen LogP contribution in [0.25, 0.3) is 11.3 Å². The first-order valence-electron chi connectivity index (χ1n) is 12.4. The van der Waals surface area contributed by atoms with Gasteiger partial charge in [0.05, 0.1) is 24.4 Å². The number of pyridine rings is 1. The summed E-state index contributed by atoms with van der Waals surface area (Å²) in [5.74, 6) is 1.75. The lowest BCUT2D eigenvalue weighted by Crippen LogP contribution is -2.52. The van der Waals surface area contributed by atoms with E-state index in [-0.39, 0.29) is 24.3 Å². The van der Waals surface area contributed by atoms with Crippen LogP contribution in [0.2, 0.25) is 0 Å². The van der Waals surface area contributed by atoms with Crippen LogP contribution in [0.4, 0.5) is 15.4 Å². The number of aromatic nitrogens is 1. The van der Waals surface area contributed by atoms with Crippen molar-refractivity contribution in [1.82, 2.24) is 15.2 Å². The van der Waals surface area contributed by atoms with Crippen LogP contribution in [0.15, 0.2) is 24.3 Å². The summed E-state index contributed by atoms with van der Waals surface area (Å²) in [5.41, 5.74) is 2.72. The van der Waals surface area contributed by atoms with Gasteiger partial charge in [-0.1, -0.05) is 6.07 Å². The van der Waals surface area contributed by atoms with Crippen LogP contribution in [-0.2, 0) is 6.54 Å². The SMILES string of the molecule is CC(C)N1C(=O)N(C(=O)O)Cc2c(C3CCCNC3)cc(-c3c(O)cccc3OCC3CC3)nc21. The van der Waals surface area contributed by atoms with Gasteiger partial charge in [0.1, 0.15) is 17.3 Å². The normalized spacial score (nSPS) is 20.2. The predicted octanol–water partition coefficient (Wildman–Crippen LogP) is 4.54. The molecule has 0 radical (unpaired) electrons. The Bertz CT molecular complexity index is 1140. The number of carbonyl (C=O) groups excluding carboxylic acids is 1. The van der Waals surface area contributed by atoms with E-state index in [2.05, 4.69) is 5.32 Å². The van der Waals surface area contributed by atoms with E-state index in [0.29, 0.717) is 35.3 Å². The van der Waals surface area contributed by atoms with Gasteiger partial charge < -0.3 is 20.3 Å². The fourth-order valence-electron chi connectivity index (χ4n) is 5.00. The molecular formula is C26H32N4O5. The van der Waals surface area contributed by atoms with Crippen molar-refractivity contribution in [3.63, 3.8) is 0 Å². The maximum atomic E-state index is 13.2. The Morgan fingerprint density at radius 3 is 2.74 bits per heavy atom. The largest absolute Gasteiger partial charge is 0.507 e. The Morgan fingerprint density at radius 2 is 2.09 bits per heavy atom. The van der Waals surface area contributed by atoms with Crippen LogP contribution >= 0.6 is 0 Å². The Kier molecular flexibility index (Phi) is 6.27. The minimum absolute atomic E-state index is 0.0440. The second-order valence-electron chi connectivity index (χ2n) is 9.96.